The summed E-state index contributed by atoms with van der Waals surface area (Å²) in [5, 5.41) is 1.09. The maximum Gasteiger partial charge on any atom is 0.347 e. The number of carbonyl (C=O) groups is 1. The predicted molar refractivity (Wildman–Crippen MR) is 213 cm³/mol. The lowest BCUT2D eigenvalue weighted by Crippen LogP contribution is -2.45. The highest BCUT2D eigenvalue weighted by Gasteiger charge is 2.30. The molecule has 2 atom stereocenters. The normalized spacial score (nSPS) is 17.2. The minimum Gasteiger partial charge on any atom is -0.491 e. The highest BCUT2D eigenvalue weighted by molar-refractivity contribution is 7.22. The van der Waals surface area contributed by atoms with Gasteiger partial charge >= 0.3 is 5.97 Å². The number of ether oxygens (including phenoxy) is 5. The molecular weight excluding hydrogens is 743 g/mol. The van der Waals surface area contributed by atoms with Gasteiger partial charge in [-0.2, -0.15) is 0 Å². The van der Waals surface area contributed by atoms with Crippen molar-refractivity contribution in [3.63, 3.8) is 0 Å². The number of thiophene rings is 1. The molecule has 1 unspecified atom stereocenters. The summed E-state index contributed by atoms with van der Waals surface area (Å²) in [6.45, 7) is 9.91. The number of para-hydroxylation sites is 1. The Labute approximate surface area is 330 Å². The summed E-state index contributed by atoms with van der Waals surface area (Å²) in [5.74, 6) is 0.537. The van der Waals surface area contributed by atoms with Crippen LogP contribution >= 0.6 is 22.9 Å². The number of piperazine rings is 1. The van der Waals surface area contributed by atoms with E-state index in [-0.39, 0.29) is 31.0 Å². The highest BCUT2D eigenvalue weighted by Crippen LogP contribution is 2.49. The summed E-state index contributed by atoms with van der Waals surface area (Å²) in [5.41, 5.74) is 3.90. The first-order chi connectivity index (χ1) is 26.8. The number of fused-ring (bicyclic) bond motifs is 1. The number of aromatic nitrogens is 2. The largest absolute Gasteiger partial charge is 0.491 e. The van der Waals surface area contributed by atoms with Crippen molar-refractivity contribution >= 4 is 39.1 Å². The number of hydrogen-bond acceptors (Lipinski definition) is 11. The molecular formula is C42H46ClFN4O6S. The van der Waals surface area contributed by atoms with Crippen LogP contribution in [0.2, 0.25) is 5.02 Å². The summed E-state index contributed by atoms with van der Waals surface area (Å²) < 4.78 is 44.7. The van der Waals surface area contributed by atoms with Crippen molar-refractivity contribution in [2.75, 3.05) is 59.6 Å². The Morgan fingerprint density at radius 3 is 2.60 bits per heavy atom. The lowest BCUT2D eigenvalue weighted by molar-refractivity contribution is -0.151. The van der Waals surface area contributed by atoms with E-state index in [2.05, 4.69) is 26.8 Å². The molecule has 2 aromatic heterocycles. The first kappa shape index (κ1) is 38.9. The molecule has 290 valence electrons. The van der Waals surface area contributed by atoms with Crippen LogP contribution in [0.25, 0.3) is 31.8 Å². The van der Waals surface area contributed by atoms with Crippen molar-refractivity contribution in [1.82, 2.24) is 19.8 Å². The van der Waals surface area contributed by atoms with Crippen LogP contribution in [0.4, 0.5) is 4.39 Å². The molecule has 2 fully saturated rings. The molecule has 0 radical (unpaired) electrons. The molecule has 4 heterocycles. The molecule has 0 amide bonds. The van der Waals surface area contributed by atoms with E-state index in [4.69, 9.17) is 35.3 Å². The molecule has 2 aliphatic rings. The molecule has 0 spiro atoms. The van der Waals surface area contributed by atoms with Gasteiger partial charge in [-0.1, -0.05) is 48.0 Å². The van der Waals surface area contributed by atoms with Gasteiger partial charge in [0.15, 0.2) is 6.29 Å². The van der Waals surface area contributed by atoms with Crippen LogP contribution in [-0.2, 0) is 20.7 Å². The number of nitrogens with zero attached hydrogens (tertiary/aromatic N) is 4. The van der Waals surface area contributed by atoms with Gasteiger partial charge in [0, 0.05) is 56.0 Å². The van der Waals surface area contributed by atoms with Crippen molar-refractivity contribution in [2.45, 2.75) is 51.9 Å². The van der Waals surface area contributed by atoms with Gasteiger partial charge in [0.25, 0.3) is 0 Å². The van der Waals surface area contributed by atoms with Crippen molar-refractivity contribution < 1.29 is 32.9 Å². The molecule has 55 heavy (non-hydrogen) atoms. The van der Waals surface area contributed by atoms with Crippen LogP contribution in [0.1, 0.15) is 37.3 Å². The van der Waals surface area contributed by atoms with E-state index >= 15 is 0 Å². The first-order valence-electron chi connectivity index (χ1n) is 18.8. The smallest absolute Gasteiger partial charge is 0.347 e. The van der Waals surface area contributed by atoms with Crippen LogP contribution in [0, 0.1) is 12.7 Å². The fraction of sp³-hybridized carbons (Fsp3) is 0.405. The van der Waals surface area contributed by atoms with E-state index in [1.54, 1.807) is 19.1 Å². The lowest BCUT2D eigenvalue weighted by Gasteiger charge is -2.32. The zero-order valence-corrected chi connectivity index (χ0v) is 33.0. The van der Waals surface area contributed by atoms with Crippen molar-refractivity contribution in [1.29, 1.82) is 0 Å². The second kappa shape index (κ2) is 18.1. The monoisotopic (exact) mass is 788 g/mol. The van der Waals surface area contributed by atoms with E-state index in [0.29, 0.717) is 40.0 Å². The Hall–Kier alpha value is -4.33. The number of halogens is 2. The predicted octanol–water partition coefficient (Wildman–Crippen LogP) is 8.21. The Morgan fingerprint density at radius 2 is 1.84 bits per heavy atom. The minimum absolute atomic E-state index is 0.155. The van der Waals surface area contributed by atoms with E-state index in [1.165, 1.54) is 29.8 Å². The molecule has 5 aromatic rings. The second-order valence-electron chi connectivity index (χ2n) is 13.8. The van der Waals surface area contributed by atoms with Gasteiger partial charge in [0.05, 0.1) is 23.6 Å². The zero-order valence-electron chi connectivity index (χ0n) is 31.4. The maximum absolute atomic E-state index is 14.2. The topological polar surface area (TPSA) is 95.5 Å². The van der Waals surface area contributed by atoms with Gasteiger partial charge in [-0.15, -0.1) is 11.3 Å². The SMILES string of the molecule is CCOC(=O)[C@H](Cc1ccccc1OC1CCCCO1)Oc1ncnc2sc(-c3ccc(F)cc3)c(-c3ccc(OCCN4CCN(C)CC4)c(Cl)c3C)c12. The maximum atomic E-state index is 14.2. The van der Waals surface area contributed by atoms with Gasteiger partial charge in [-0.05, 0) is 80.3 Å². The Kier molecular flexibility index (Phi) is 12.8. The number of hydrogen-bond donors (Lipinski definition) is 0. The first-order valence-corrected chi connectivity index (χ1v) is 20.0. The summed E-state index contributed by atoms with van der Waals surface area (Å²) in [6, 6.07) is 17.7. The second-order valence-corrected chi connectivity index (χ2v) is 15.2. The van der Waals surface area contributed by atoms with Crippen LogP contribution < -0.4 is 14.2 Å². The average Bonchev–Trinajstić information content (AvgIpc) is 3.59. The standard InChI is InChI=1S/C42H46ClFN4O6S/c1-4-50-42(49)34(25-29-9-5-6-10-32(29)53-35-11-7-8-23-52-35)54-40-37-36(39(55-41(37)46-26-45-40)28-12-14-30(44)15-13-28)31-16-17-33(38(43)27(31)2)51-24-22-48-20-18-47(3)19-21-48/h5-6,9-10,12-17,26,34-35H,4,7-8,11,18-25H2,1-3H3/t34-,35?/m0/s1. The summed E-state index contributed by atoms with van der Waals surface area (Å²) >= 11 is 8.49. The molecule has 0 bridgehead atoms. The van der Waals surface area contributed by atoms with Crippen LogP contribution in [-0.4, -0.2) is 97.7 Å². The number of likely N-dealkylation sites (N-methyl/N-ethyl adjacent to an activating group) is 1. The van der Waals surface area contributed by atoms with E-state index in [9.17, 15) is 9.18 Å². The van der Waals surface area contributed by atoms with E-state index in [0.717, 1.165) is 84.7 Å². The van der Waals surface area contributed by atoms with Gasteiger partial charge in [0.1, 0.15) is 35.1 Å². The van der Waals surface area contributed by atoms with Crippen molar-refractivity contribution in [3.05, 3.63) is 89.0 Å². The Balaban J connectivity index is 1.25. The van der Waals surface area contributed by atoms with Gasteiger partial charge in [-0.3, -0.25) is 4.90 Å². The Bertz CT molecular complexity index is 2090. The van der Waals surface area contributed by atoms with Crippen molar-refractivity contribution in [3.8, 4) is 38.9 Å². The molecule has 0 saturated carbocycles. The highest BCUT2D eigenvalue weighted by atomic mass is 35.5. The molecule has 0 aliphatic carbocycles. The molecule has 7 rings (SSSR count). The van der Waals surface area contributed by atoms with Crippen LogP contribution in [0.5, 0.6) is 17.4 Å². The third-order valence-electron chi connectivity index (χ3n) is 10.0. The molecule has 3 aromatic carbocycles. The van der Waals surface area contributed by atoms with E-state index in [1.807, 2.05) is 43.3 Å². The lowest BCUT2D eigenvalue weighted by atomic mass is 9.96. The quantitative estimate of drug-likeness (QED) is 0.103. The van der Waals surface area contributed by atoms with Crippen LogP contribution in [0.15, 0.2) is 67.0 Å². The van der Waals surface area contributed by atoms with Gasteiger partial charge in [0.2, 0.25) is 12.0 Å². The van der Waals surface area contributed by atoms with Gasteiger partial charge < -0.3 is 28.6 Å². The summed E-state index contributed by atoms with van der Waals surface area (Å²) in [7, 11) is 2.14. The number of esters is 1. The third kappa shape index (κ3) is 9.22. The third-order valence-corrected chi connectivity index (χ3v) is 11.6. The molecule has 0 N–H and O–H groups in total. The number of benzene rings is 3. The number of carbonyl (C=O) groups excluding carboxylic acids is 1. The Morgan fingerprint density at radius 1 is 1.04 bits per heavy atom. The summed E-state index contributed by atoms with van der Waals surface area (Å²) in [4.78, 5) is 29.0. The number of rotatable bonds is 14. The molecule has 2 aliphatic heterocycles. The average molecular weight is 789 g/mol. The van der Waals surface area contributed by atoms with Gasteiger partial charge in [-0.25, -0.2) is 19.2 Å². The molecule has 2 saturated heterocycles. The van der Waals surface area contributed by atoms with Crippen molar-refractivity contribution in [2.24, 2.45) is 0 Å². The fourth-order valence-electron chi connectivity index (χ4n) is 6.93. The van der Waals surface area contributed by atoms with Crippen LogP contribution in [0.3, 0.4) is 0 Å². The zero-order chi connectivity index (χ0) is 38.3. The minimum atomic E-state index is -1.07. The molecule has 10 nitrogen and oxygen atoms in total. The fourth-order valence-corrected chi connectivity index (χ4v) is 8.30. The van der Waals surface area contributed by atoms with E-state index < -0.39 is 12.1 Å². The summed E-state index contributed by atoms with van der Waals surface area (Å²) in [6.07, 6.45) is 2.95. The molecule has 13 heteroatoms.